The van der Waals surface area contributed by atoms with Gasteiger partial charge in [0.2, 0.25) is 5.17 Å². The number of benzene rings is 1. The second-order valence-electron chi connectivity index (χ2n) is 3.65. The summed E-state index contributed by atoms with van der Waals surface area (Å²) in [5.41, 5.74) is 1.24. The molecule has 0 radical (unpaired) electrons. The molecule has 0 aromatic heterocycles. The third-order valence-electron chi connectivity index (χ3n) is 2.02. The summed E-state index contributed by atoms with van der Waals surface area (Å²) in [5, 5.41) is -1.36. The van der Waals surface area contributed by atoms with Gasteiger partial charge in [-0.1, -0.05) is 37.6 Å². The highest BCUT2D eigenvalue weighted by molar-refractivity contribution is 6.67. The van der Waals surface area contributed by atoms with Gasteiger partial charge in [0, 0.05) is 0 Å². The number of hydrogen-bond donors (Lipinski definition) is 0. The molecule has 0 N–H and O–H groups in total. The van der Waals surface area contributed by atoms with E-state index in [1.807, 2.05) is 13.8 Å². The third kappa shape index (κ3) is 3.52. The lowest BCUT2D eigenvalue weighted by atomic mass is 10.0. The molecular weight excluding hydrogens is 239 g/mol. The Balaban J connectivity index is 2.92. The van der Waals surface area contributed by atoms with Gasteiger partial charge in [-0.25, -0.2) is 4.99 Å². The molecule has 0 aliphatic rings. The van der Waals surface area contributed by atoms with E-state index in [2.05, 4.69) is 4.99 Å². The fraction of sp³-hybridized carbons (Fsp3) is 0.364. The molecule has 16 heavy (non-hydrogen) atoms. The Bertz CT molecular complexity index is 379. The Hall–Kier alpha value is -1.03. The van der Waals surface area contributed by atoms with Crippen LogP contribution in [0, 0.1) is 0 Å². The number of halogens is 4. The molecule has 1 aromatic rings. The van der Waals surface area contributed by atoms with Crippen LogP contribution in [0.2, 0.25) is 0 Å². The molecule has 1 aromatic carbocycles. The van der Waals surface area contributed by atoms with Crippen LogP contribution in [0.5, 0.6) is 0 Å². The molecule has 1 rings (SSSR count). The largest absolute Gasteiger partial charge is 0.444 e. The van der Waals surface area contributed by atoms with Crippen molar-refractivity contribution in [1.29, 1.82) is 0 Å². The van der Waals surface area contributed by atoms with E-state index < -0.39 is 11.3 Å². The monoisotopic (exact) mass is 249 g/mol. The van der Waals surface area contributed by atoms with Gasteiger partial charge in [0.15, 0.2) is 0 Å². The van der Waals surface area contributed by atoms with Crippen molar-refractivity contribution in [3.63, 3.8) is 0 Å². The average Bonchev–Trinajstić information content (AvgIpc) is 2.17. The minimum Gasteiger partial charge on any atom is -0.232 e. The van der Waals surface area contributed by atoms with Crippen molar-refractivity contribution in [2.24, 2.45) is 4.99 Å². The topological polar surface area (TPSA) is 12.4 Å². The Morgan fingerprint density at radius 2 is 1.69 bits per heavy atom. The third-order valence-corrected chi connectivity index (χ3v) is 2.32. The van der Waals surface area contributed by atoms with E-state index in [-0.39, 0.29) is 5.69 Å². The first-order chi connectivity index (χ1) is 7.30. The SMILES string of the molecule is CC(C)c1ccc(N=C(Cl)C(F)(F)F)cc1. The summed E-state index contributed by atoms with van der Waals surface area (Å²) in [6, 6.07) is 6.51. The van der Waals surface area contributed by atoms with Crippen molar-refractivity contribution in [1.82, 2.24) is 0 Å². The summed E-state index contributed by atoms with van der Waals surface area (Å²) in [4.78, 5) is 3.29. The van der Waals surface area contributed by atoms with Crippen LogP contribution >= 0.6 is 11.6 Å². The maximum absolute atomic E-state index is 12.1. The van der Waals surface area contributed by atoms with Crippen molar-refractivity contribution >= 4 is 22.5 Å². The number of rotatable bonds is 2. The zero-order chi connectivity index (χ0) is 12.3. The molecule has 88 valence electrons. The van der Waals surface area contributed by atoms with Crippen molar-refractivity contribution in [2.75, 3.05) is 0 Å². The van der Waals surface area contributed by atoms with Crippen LogP contribution in [-0.2, 0) is 0 Å². The molecule has 0 saturated carbocycles. The lowest BCUT2D eigenvalue weighted by Crippen LogP contribution is -2.16. The summed E-state index contributed by atoms with van der Waals surface area (Å²) in [7, 11) is 0. The van der Waals surface area contributed by atoms with Gasteiger partial charge in [0.05, 0.1) is 5.69 Å². The van der Waals surface area contributed by atoms with Crippen LogP contribution < -0.4 is 0 Å². The van der Waals surface area contributed by atoms with Gasteiger partial charge in [-0.2, -0.15) is 13.2 Å². The quantitative estimate of drug-likeness (QED) is 0.677. The first-order valence-corrected chi connectivity index (χ1v) is 5.10. The van der Waals surface area contributed by atoms with Crippen LogP contribution in [0.15, 0.2) is 29.3 Å². The first-order valence-electron chi connectivity index (χ1n) is 4.72. The molecule has 0 aliphatic heterocycles. The lowest BCUT2D eigenvalue weighted by molar-refractivity contribution is -0.0558. The number of nitrogens with zero attached hydrogens (tertiary/aromatic N) is 1. The van der Waals surface area contributed by atoms with E-state index in [4.69, 9.17) is 11.6 Å². The molecule has 0 unspecified atom stereocenters. The standard InChI is InChI=1S/C11H11ClF3N/c1-7(2)8-3-5-9(6-4-8)16-10(12)11(13,14)15/h3-7H,1-2H3. The predicted octanol–water partition coefficient (Wildman–Crippen LogP) is 4.64. The van der Waals surface area contributed by atoms with E-state index in [1.54, 1.807) is 12.1 Å². The maximum atomic E-state index is 12.1. The second kappa shape index (κ2) is 4.87. The van der Waals surface area contributed by atoms with Crippen molar-refractivity contribution in [3.8, 4) is 0 Å². The molecule has 0 aliphatic carbocycles. The molecule has 0 saturated heterocycles. The van der Waals surface area contributed by atoms with Crippen LogP contribution in [0.4, 0.5) is 18.9 Å². The lowest BCUT2D eigenvalue weighted by Gasteiger charge is -2.06. The fourth-order valence-corrected chi connectivity index (χ4v) is 1.21. The second-order valence-corrected chi connectivity index (χ2v) is 4.00. The van der Waals surface area contributed by atoms with E-state index in [1.165, 1.54) is 12.1 Å². The van der Waals surface area contributed by atoms with E-state index in [9.17, 15) is 13.2 Å². The molecule has 0 atom stereocenters. The number of hydrogen-bond acceptors (Lipinski definition) is 1. The van der Waals surface area contributed by atoms with E-state index in [0.717, 1.165) is 5.56 Å². The Morgan fingerprint density at radius 1 is 1.19 bits per heavy atom. The summed E-state index contributed by atoms with van der Waals surface area (Å²) < 4.78 is 36.2. The highest BCUT2D eigenvalue weighted by Gasteiger charge is 2.34. The van der Waals surface area contributed by atoms with Gasteiger partial charge in [-0.05, 0) is 23.6 Å². The zero-order valence-corrected chi connectivity index (χ0v) is 9.60. The molecule has 0 fully saturated rings. The minimum atomic E-state index is -4.59. The van der Waals surface area contributed by atoms with E-state index in [0.29, 0.717) is 5.92 Å². The number of alkyl halides is 3. The van der Waals surface area contributed by atoms with Gasteiger partial charge >= 0.3 is 6.18 Å². The van der Waals surface area contributed by atoms with Crippen LogP contribution in [0.1, 0.15) is 25.3 Å². The van der Waals surface area contributed by atoms with Gasteiger partial charge < -0.3 is 0 Å². The predicted molar refractivity (Wildman–Crippen MR) is 59.5 cm³/mol. The minimum absolute atomic E-state index is 0.201. The summed E-state index contributed by atoms with van der Waals surface area (Å²) in [5.74, 6) is 0.330. The Kier molecular flexibility index (Phi) is 3.97. The van der Waals surface area contributed by atoms with Crippen molar-refractivity contribution in [3.05, 3.63) is 29.8 Å². The molecule has 0 spiro atoms. The van der Waals surface area contributed by atoms with Crippen molar-refractivity contribution < 1.29 is 13.2 Å². The van der Waals surface area contributed by atoms with Gasteiger partial charge in [-0.15, -0.1) is 0 Å². The van der Waals surface area contributed by atoms with Crippen LogP contribution in [-0.4, -0.2) is 11.3 Å². The first kappa shape index (κ1) is 13.0. The molecule has 5 heteroatoms. The maximum Gasteiger partial charge on any atom is 0.444 e. The highest BCUT2D eigenvalue weighted by Crippen LogP contribution is 2.25. The van der Waals surface area contributed by atoms with Crippen LogP contribution in [0.3, 0.4) is 0 Å². The Labute approximate surface area is 97.0 Å². The molecule has 0 heterocycles. The summed E-state index contributed by atoms with van der Waals surface area (Å²) in [6.07, 6.45) is -4.59. The smallest absolute Gasteiger partial charge is 0.232 e. The van der Waals surface area contributed by atoms with Gasteiger partial charge in [0.1, 0.15) is 0 Å². The van der Waals surface area contributed by atoms with Gasteiger partial charge in [-0.3, -0.25) is 0 Å². The fourth-order valence-electron chi connectivity index (χ4n) is 1.11. The summed E-state index contributed by atoms with van der Waals surface area (Å²) in [6.45, 7) is 4.00. The number of aliphatic imine (C=N–C) groups is 1. The molecular formula is C11H11ClF3N. The Morgan fingerprint density at radius 3 is 2.06 bits per heavy atom. The molecule has 0 amide bonds. The van der Waals surface area contributed by atoms with Crippen molar-refractivity contribution in [2.45, 2.75) is 25.9 Å². The van der Waals surface area contributed by atoms with Gasteiger partial charge in [0.25, 0.3) is 0 Å². The molecule has 0 bridgehead atoms. The summed E-state index contributed by atoms with van der Waals surface area (Å²) >= 11 is 5.02. The zero-order valence-electron chi connectivity index (χ0n) is 8.85. The van der Waals surface area contributed by atoms with Crippen LogP contribution in [0.25, 0.3) is 0 Å². The normalized spacial score (nSPS) is 13.3. The highest BCUT2D eigenvalue weighted by atomic mass is 35.5. The van der Waals surface area contributed by atoms with E-state index >= 15 is 0 Å². The molecule has 1 nitrogen and oxygen atoms in total. The average molecular weight is 250 g/mol.